The Morgan fingerprint density at radius 3 is 2.86 bits per heavy atom. The zero-order valence-electron chi connectivity index (χ0n) is 7.02. The first kappa shape index (κ1) is 7.32. The first-order chi connectivity index (χ1) is 6.75. The summed E-state index contributed by atoms with van der Waals surface area (Å²) in [5.74, 6) is 0.927. The van der Waals surface area contributed by atoms with E-state index < -0.39 is 0 Å². The average molecular weight is 190 g/mol. The Morgan fingerprint density at radius 2 is 2.00 bits per heavy atom. The summed E-state index contributed by atoms with van der Waals surface area (Å²) in [6, 6.07) is 3.03. The molecule has 0 bridgehead atoms. The number of phenols is 1. The van der Waals surface area contributed by atoms with Gasteiger partial charge in [0, 0.05) is 11.5 Å². The molecule has 1 aromatic carbocycles. The zero-order chi connectivity index (χ0) is 9.71. The van der Waals surface area contributed by atoms with Crippen LogP contribution in [0.4, 0.5) is 0 Å². The Bertz CT molecular complexity index is 550. The van der Waals surface area contributed by atoms with Crippen LogP contribution in [0.25, 0.3) is 16.5 Å². The Kier molecular flexibility index (Phi) is 1.16. The molecule has 14 heavy (non-hydrogen) atoms. The molecule has 3 rings (SSSR count). The summed E-state index contributed by atoms with van der Waals surface area (Å²) in [6.07, 6.45) is 2.65. The van der Waals surface area contributed by atoms with Crippen LogP contribution in [0.15, 0.2) is 29.1 Å². The van der Waals surface area contributed by atoms with Crippen LogP contribution in [0, 0.1) is 0 Å². The topological polar surface area (TPSA) is 62.8 Å². The van der Waals surface area contributed by atoms with Crippen LogP contribution in [0.5, 0.6) is 11.5 Å². The Morgan fingerprint density at radius 1 is 1.14 bits per heavy atom. The van der Waals surface area contributed by atoms with Crippen molar-refractivity contribution in [1.82, 2.24) is 0 Å². The van der Waals surface area contributed by atoms with Gasteiger partial charge in [-0.2, -0.15) is 0 Å². The number of ether oxygens (including phenoxy) is 1. The highest BCUT2D eigenvalue weighted by Crippen LogP contribution is 2.39. The molecule has 0 aliphatic carbocycles. The van der Waals surface area contributed by atoms with Crippen molar-refractivity contribution in [2.45, 2.75) is 0 Å². The number of furan rings is 1. The predicted octanol–water partition coefficient (Wildman–Crippen LogP) is 2.39. The number of phenolic OH excluding ortho intramolecular Hbond substituents is 1. The highest BCUT2D eigenvalue weighted by Gasteiger charge is 2.20. The molecule has 0 amide bonds. The molecule has 1 aliphatic rings. The molecule has 2 heterocycles. The fourth-order valence-electron chi connectivity index (χ4n) is 1.59. The third-order valence-electron chi connectivity index (χ3n) is 2.18. The first-order valence-electron chi connectivity index (χ1n) is 4.06. The molecule has 0 fully saturated rings. The molecule has 0 saturated heterocycles. The van der Waals surface area contributed by atoms with Crippen molar-refractivity contribution in [2.75, 3.05) is 0 Å². The minimum Gasteiger partial charge on any atom is -0.508 e. The van der Waals surface area contributed by atoms with Gasteiger partial charge in [0.1, 0.15) is 17.8 Å². The molecule has 1 aliphatic heterocycles. The monoisotopic (exact) mass is 190 g/mol. The van der Waals surface area contributed by atoms with Crippen molar-refractivity contribution >= 4 is 16.5 Å². The number of aliphatic hydroxyl groups is 1. The van der Waals surface area contributed by atoms with Gasteiger partial charge in [0.05, 0.1) is 11.6 Å². The molecule has 0 unspecified atom stereocenters. The fourth-order valence-corrected chi connectivity index (χ4v) is 1.59. The number of hydrogen-bond acceptors (Lipinski definition) is 4. The summed E-state index contributed by atoms with van der Waals surface area (Å²) in [7, 11) is 0. The molecule has 0 spiro atoms. The SMILES string of the molecule is OC1=COc2cc(O)cc3coc1c23. The molecule has 0 saturated carbocycles. The standard InChI is InChI=1S/C10H6O4/c11-6-1-5-3-14-10-7(12)4-13-8(2-6)9(5)10/h1-4,11-12H. The van der Waals surface area contributed by atoms with Crippen molar-refractivity contribution in [1.29, 1.82) is 0 Å². The van der Waals surface area contributed by atoms with Gasteiger partial charge in [-0.1, -0.05) is 0 Å². The van der Waals surface area contributed by atoms with E-state index in [9.17, 15) is 10.2 Å². The van der Waals surface area contributed by atoms with E-state index in [2.05, 4.69) is 0 Å². The predicted molar refractivity (Wildman–Crippen MR) is 49.1 cm³/mol. The van der Waals surface area contributed by atoms with Crippen LogP contribution in [0.2, 0.25) is 0 Å². The van der Waals surface area contributed by atoms with E-state index in [1.165, 1.54) is 18.6 Å². The third-order valence-corrected chi connectivity index (χ3v) is 2.18. The van der Waals surface area contributed by atoms with E-state index in [-0.39, 0.29) is 11.5 Å². The van der Waals surface area contributed by atoms with Gasteiger partial charge in [0.15, 0.2) is 11.5 Å². The summed E-state index contributed by atoms with van der Waals surface area (Å²) < 4.78 is 10.3. The van der Waals surface area contributed by atoms with Crippen LogP contribution in [-0.2, 0) is 0 Å². The molecule has 2 aromatic rings. The van der Waals surface area contributed by atoms with Crippen LogP contribution in [0.3, 0.4) is 0 Å². The highest BCUT2D eigenvalue weighted by molar-refractivity contribution is 5.97. The van der Waals surface area contributed by atoms with Gasteiger partial charge in [0.2, 0.25) is 0 Å². The Labute approximate surface area is 78.6 Å². The van der Waals surface area contributed by atoms with Crippen molar-refractivity contribution in [3.63, 3.8) is 0 Å². The minimum atomic E-state index is -0.0433. The molecule has 0 atom stereocenters. The Balaban J connectivity index is 2.48. The smallest absolute Gasteiger partial charge is 0.195 e. The highest BCUT2D eigenvalue weighted by atomic mass is 16.5. The molecular formula is C10H6O4. The number of rotatable bonds is 0. The van der Waals surface area contributed by atoms with Crippen LogP contribution in [-0.4, -0.2) is 10.2 Å². The van der Waals surface area contributed by atoms with Crippen LogP contribution >= 0.6 is 0 Å². The second kappa shape index (κ2) is 2.23. The normalized spacial score (nSPS) is 13.9. The van der Waals surface area contributed by atoms with Gasteiger partial charge in [-0.3, -0.25) is 0 Å². The van der Waals surface area contributed by atoms with E-state index in [0.29, 0.717) is 22.3 Å². The number of aliphatic hydroxyl groups excluding tert-OH is 1. The van der Waals surface area contributed by atoms with Gasteiger partial charge in [-0.15, -0.1) is 0 Å². The lowest BCUT2D eigenvalue weighted by Gasteiger charge is -2.09. The molecule has 1 aromatic heterocycles. The van der Waals surface area contributed by atoms with Crippen molar-refractivity contribution in [3.05, 3.63) is 30.4 Å². The molecule has 70 valence electrons. The van der Waals surface area contributed by atoms with E-state index in [4.69, 9.17) is 9.15 Å². The van der Waals surface area contributed by atoms with Crippen LogP contribution < -0.4 is 4.74 Å². The van der Waals surface area contributed by atoms with Gasteiger partial charge in [0.25, 0.3) is 0 Å². The van der Waals surface area contributed by atoms with Crippen molar-refractivity contribution in [2.24, 2.45) is 0 Å². The maximum absolute atomic E-state index is 9.41. The van der Waals surface area contributed by atoms with Crippen LogP contribution in [0.1, 0.15) is 5.76 Å². The molecule has 4 nitrogen and oxygen atoms in total. The number of benzene rings is 1. The quantitative estimate of drug-likeness (QED) is 0.669. The lowest BCUT2D eigenvalue weighted by atomic mass is 10.1. The van der Waals surface area contributed by atoms with Crippen molar-refractivity contribution < 1.29 is 19.4 Å². The molecule has 4 heteroatoms. The van der Waals surface area contributed by atoms with E-state index in [0.717, 1.165) is 0 Å². The average Bonchev–Trinajstić information content (AvgIpc) is 2.56. The Hall–Kier alpha value is -2.10. The van der Waals surface area contributed by atoms with E-state index in [1.807, 2.05) is 0 Å². The van der Waals surface area contributed by atoms with Gasteiger partial charge >= 0.3 is 0 Å². The lowest BCUT2D eigenvalue weighted by Crippen LogP contribution is -1.94. The first-order valence-corrected chi connectivity index (χ1v) is 4.06. The summed E-state index contributed by atoms with van der Waals surface area (Å²) in [4.78, 5) is 0. The number of hydrogen-bond donors (Lipinski definition) is 2. The minimum absolute atomic E-state index is 0.0433. The molecular weight excluding hydrogens is 184 g/mol. The fraction of sp³-hybridized carbons (Fsp3) is 0. The number of aromatic hydroxyl groups is 1. The van der Waals surface area contributed by atoms with E-state index >= 15 is 0 Å². The summed E-state index contributed by atoms with van der Waals surface area (Å²) >= 11 is 0. The van der Waals surface area contributed by atoms with Gasteiger partial charge in [-0.25, -0.2) is 0 Å². The summed E-state index contributed by atoms with van der Waals surface area (Å²) in [6.45, 7) is 0. The molecule has 2 N–H and O–H groups in total. The zero-order valence-corrected chi connectivity index (χ0v) is 7.02. The largest absolute Gasteiger partial charge is 0.508 e. The molecule has 0 radical (unpaired) electrons. The third kappa shape index (κ3) is 0.771. The lowest BCUT2D eigenvalue weighted by molar-refractivity contribution is 0.408. The maximum atomic E-state index is 9.41. The summed E-state index contributed by atoms with van der Waals surface area (Å²) in [5.41, 5.74) is 0. The van der Waals surface area contributed by atoms with Crippen molar-refractivity contribution in [3.8, 4) is 11.5 Å². The van der Waals surface area contributed by atoms with Gasteiger partial charge < -0.3 is 19.4 Å². The summed E-state index contributed by atoms with van der Waals surface area (Å²) in [5, 5.41) is 20.1. The van der Waals surface area contributed by atoms with E-state index in [1.54, 1.807) is 6.07 Å². The van der Waals surface area contributed by atoms with Gasteiger partial charge in [-0.05, 0) is 6.07 Å². The second-order valence-electron chi connectivity index (χ2n) is 3.09. The maximum Gasteiger partial charge on any atom is 0.195 e. The second-order valence-corrected chi connectivity index (χ2v) is 3.09.